The number of imidazole rings is 1. The number of nitrogens with zero attached hydrogens (tertiary/aromatic N) is 3. The molecule has 2 aromatic rings. The minimum absolute atomic E-state index is 0.0316. The topological polar surface area (TPSA) is 64.2 Å². The number of likely N-dealkylation sites (N-methyl/N-ethyl adjacent to an activating group) is 1. The molecule has 2 N–H and O–H groups in total. The van der Waals surface area contributed by atoms with Gasteiger partial charge in [0.05, 0.1) is 11.0 Å². The number of carbonyl (C=O) groups excluding carboxylic acids is 1. The van der Waals surface area contributed by atoms with Gasteiger partial charge in [-0.3, -0.25) is 4.79 Å². The smallest absolute Gasteiger partial charge is 0.242 e. The van der Waals surface area contributed by atoms with E-state index in [-0.39, 0.29) is 12.5 Å². The van der Waals surface area contributed by atoms with Crippen molar-refractivity contribution < 1.29 is 4.79 Å². The monoisotopic (exact) mass is 246 g/mol. The first-order chi connectivity index (χ1) is 8.52. The maximum Gasteiger partial charge on any atom is 0.242 e. The maximum absolute atomic E-state index is 11.9. The minimum Gasteiger partial charge on any atom is -0.369 e. The fraction of sp³-hybridized carbons (Fsp3) is 0.385. The van der Waals surface area contributed by atoms with Gasteiger partial charge in [-0.15, -0.1) is 0 Å². The number of hydrogen-bond acceptors (Lipinski definition) is 3. The van der Waals surface area contributed by atoms with Crippen LogP contribution >= 0.6 is 0 Å². The van der Waals surface area contributed by atoms with Gasteiger partial charge < -0.3 is 15.2 Å². The van der Waals surface area contributed by atoms with E-state index in [9.17, 15) is 4.79 Å². The number of nitrogens with two attached hydrogens (primary N) is 1. The fourth-order valence-corrected chi connectivity index (χ4v) is 1.86. The van der Waals surface area contributed by atoms with Gasteiger partial charge in [0.25, 0.3) is 0 Å². The average molecular weight is 246 g/mol. The predicted molar refractivity (Wildman–Crippen MR) is 72.2 cm³/mol. The van der Waals surface area contributed by atoms with Gasteiger partial charge in [0.1, 0.15) is 6.54 Å². The molecule has 1 heterocycles. The van der Waals surface area contributed by atoms with Crippen LogP contribution < -0.4 is 5.73 Å². The van der Waals surface area contributed by atoms with Gasteiger partial charge in [-0.2, -0.15) is 0 Å². The number of anilines is 1. The molecular formula is C13H18N4O. The van der Waals surface area contributed by atoms with E-state index in [4.69, 9.17) is 5.73 Å². The van der Waals surface area contributed by atoms with Gasteiger partial charge in [0, 0.05) is 13.6 Å². The van der Waals surface area contributed by atoms with Crippen molar-refractivity contribution in [1.82, 2.24) is 14.5 Å². The number of rotatable bonds is 3. The lowest BCUT2D eigenvalue weighted by Crippen LogP contribution is -2.30. The maximum atomic E-state index is 11.9. The number of amides is 1. The highest BCUT2D eigenvalue weighted by Crippen LogP contribution is 2.19. The van der Waals surface area contributed by atoms with Crippen molar-refractivity contribution in [2.45, 2.75) is 20.4 Å². The molecule has 0 saturated carbocycles. The van der Waals surface area contributed by atoms with Gasteiger partial charge in [0.2, 0.25) is 11.9 Å². The second-order valence-electron chi connectivity index (χ2n) is 4.46. The second-order valence-corrected chi connectivity index (χ2v) is 4.46. The van der Waals surface area contributed by atoms with Gasteiger partial charge in [0.15, 0.2) is 0 Å². The van der Waals surface area contributed by atoms with Crippen molar-refractivity contribution in [2.75, 3.05) is 19.3 Å². The Morgan fingerprint density at radius 3 is 2.89 bits per heavy atom. The molecule has 0 aliphatic carbocycles. The van der Waals surface area contributed by atoms with E-state index in [2.05, 4.69) is 4.98 Å². The Kier molecular flexibility index (Phi) is 3.23. The highest BCUT2D eigenvalue weighted by molar-refractivity contribution is 5.83. The molecule has 0 fully saturated rings. The summed E-state index contributed by atoms with van der Waals surface area (Å²) >= 11 is 0. The van der Waals surface area contributed by atoms with Crippen LogP contribution in [0.2, 0.25) is 0 Å². The molecule has 0 atom stereocenters. The second kappa shape index (κ2) is 4.68. The molecule has 0 bridgehead atoms. The first-order valence-corrected chi connectivity index (χ1v) is 5.99. The van der Waals surface area contributed by atoms with Crippen LogP contribution in [0.15, 0.2) is 18.2 Å². The van der Waals surface area contributed by atoms with Crippen molar-refractivity contribution in [3.8, 4) is 0 Å². The summed E-state index contributed by atoms with van der Waals surface area (Å²) in [6.07, 6.45) is 0. The van der Waals surface area contributed by atoms with E-state index < -0.39 is 0 Å². The number of hydrogen-bond donors (Lipinski definition) is 1. The van der Waals surface area contributed by atoms with E-state index in [1.807, 2.05) is 32.0 Å². The third-order valence-corrected chi connectivity index (χ3v) is 3.13. The van der Waals surface area contributed by atoms with Crippen molar-refractivity contribution in [3.05, 3.63) is 23.8 Å². The summed E-state index contributed by atoms with van der Waals surface area (Å²) in [6.45, 7) is 4.86. The van der Waals surface area contributed by atoms with E-state index in [1.165, 1.54) is 0 Å². The van der Waals surface area contributed by atoms with Crippen LogP contribution in [0.4, 0.5) is 5.95 Å². The van der Waals surface area contributed by atoms with E-state index in [1.54, 1.807) is 16.5 Å². The number of fused-ring (bicyclic) bond motifs is 1. The van der Waals surface area contributed by atoms with Crippen molar-refractivity contribution in [3.63, 3.8) is 0 Å². The molecule has 5 nitrogen and oxygen atoms in total. The Hall–Kier alpha value is -2.04. The third kappa shape index (κ3) is 2.16. The Bertz CT molecular complexity index is 588. The van der Waals surface area contributed by atoms with Crippen LogP contribution in [0.3, 0.4) is 0 Å². The Labute approximate surface area is 106 Å². The summed E-state index contributed by atoms with van der Waals surface area (Å²) in [5.41, 5.74) is 8.74. The van der Waals surface area contributed by atoms with Crippen LogP contribution in [0.25, 0.3) is 11.0 Å². The lowest BCUT2D eigenvalue weighted by molar-refractivity contribution is -0.130. The zero-order valence-corrected chi connectivity index (χ0v) is 11.0. The lowest BCUT2D eigenvalue weighted by atomic mass is 10.2. The molecule has 0 radical (unpaired) electrons. The summed E-state index contributed by atoms with van der Waals surface area (Å²) in [6, 6.07) is 5.91. The molecule has 1 amide bonds. The number of aromatic nitrogens is 2. The standard InChI is InChI=1S/C13H18N4O/c1-4-16(3)12(18)8-17-11-6-5-9(2)7-10(11)15-13(17)14/h5-7H,4,8H2,1-3H3,(H2,14,15). The molecule has 0 spiro atoms. The summed E-state index contributed by atoms with van der Waals surface area (Å²) < 4.78 is 1.75. The molecule has 1 aromatic heterocycles. The van der Waals surface area contributed by atoms with E-state index >= 15 is 0 Å². The van der Waals surface area contributed by atoms with Crippen LogP contribution in [0.5, 0.6) is 0 Å². The minimum atomic E-state index is 0.0316. The lowest BCUT2D eigenvalue weighted by Gasteiger charge is -2.15. The summed E-state index contributed by atoms with van der Waals surface area (Å²) in [5, 5.41) is 0. The predicted octanol–water partition coefficient (Wildman–Crippen LogP) is 1.41. The molecule has 18 heavy (non-hydrogen) atoms. The Morgan fingerprint density at radius 2 is 2.22 bits per heavy atom. The van der Waals surface area contributed by atoms with Gasteiger partial charge >= 0.3 is 0 Å². The van der Waals surface area contributed by atoms with Crippen LogP contribution in [0, 0.1) is 6.92 Å². The fourth-order valence-electron chi connectivity index (χ4n) is 1.86. The highest BCUT2D eigenvalue weighted by Gasteiger charge is 2.13. The van der Waals surface area contributed by atoms with Crippen LogP contribution in [-0.2, 0) is 11.3 Å². The summed E-state index contributed by atoms with van der Waals surface area (Å²) in [4.78, 5) is 17.9. The SMILES string of the molecule is CCN(C)C(=O)Cn1c(N)nc2cc(C)ccc21. The molecule has 0 aliphatic heterocycles. The largest absolute Gasteiger partial charge is 0.369 e. The number of aryl methyl sites for hydroxylation is 1. The van der Waals surface area contributed by atoms with Gasteiger partial charge in [-0.1, -0.05) is 6.07 Å². The number of benzene rings is 1. The summed E-state index contributed by atoms with van der Waals surface area (Å²) in [5.74, 6) is 0.414. The first-order valence-electron chi connectivity index (χ1n) is 5.99. The zero-order chi connectivity index (χ0) is 13.3. The highest BCUT2D eigenvalue weighted by atomic mass is 16.2. The first kappa shape index (κ1) is 12.4. The Balaban J connectivity index is 2.39. The molecule has 2 rings (SSSR count). The van der Waals surface area contributed by atoms with Crippen molar-refractivity contribution in [2.24, 2.45) is 0 Å². The van der Waals surface area contributed by atoms with Gasteiger partial charge in [-0.05, 0) is 31.5 Å². The molecular weight excluding hydrogens is 228 g/mol. The molecule has 0 unspecified atom stereocenters. The quantitative estimate of drug-likeness (QED) is 0.890. The van der Waals surface area contributed by atoms with Crippen LogP contribution in [0.1, 0.15) is 12.5 Å². The number of nitrogen functional groups attached to an aromatic ring is 1. The molecule has 1 aromatic carbocycles. The van der Waals surface area contributed by atoms with E-state index in [0.717, 1.165) is 16.6 Å². The molecule has 0 aliphatic rings. The molecule has 5 heteroatoms. The van der Waals surface area contributed by atoms with Crippen molar-refractivity contribution >= 4 is 22.9 Å². The molecule has 0 saturated heterocycles. The zero-order valence-electron chi connectivity index (χ0n) is 11.0. The molecule has 96 valence electrons. The third-order valence-electron chi connectivity index (χ3n) is 3.13. The normalized spacial score (nSPS) is 10.8. The Morgan fingerprint density at radius 1 is 1.50 bits per heavy atom. The number of carbonyl (C=O) groups is 1. The van der Waals surface area contributed by atoms with Gasteiger partial charge in [-0.25, -0.2) is 4.98 Å². The van der Waals surface area contributed by atoms with Crippen molar-refractivity contribution in [1.29, 1.82) is 0 Å². The van der Waals surface area contributed by atoms with Crippen LogP contribution in [-0.4, -0.2) is 34.0 Å². The summed E-state index contributed by atoms with van der Waals surface area (Å²) in [7, 11) is 1.78. The van der Waals surface area contributed by atoms with E-state index in [0.29, 0.717) is 12.5 Å². The average Bonchev–Trinajstić information content (AvgIpc) is 2.64.